The first-order valence-corrected chi connectivity index (χ1v) is 9.95. The summed E-state index contributed by atoms with van der Waals surface area (Å²) in [6.07, 6.45) is -8.87. The number of aldehydes is 1. The van der Waals surface area contributed by atoms with Crippen LogP contribution >= 0.6 is 7.82 Å². The Morgan fingerprint density at radius 2 is 1.67 bits per heavy atom. The smallest absolute Gasteiger partial charge is 0.307 e. The topological polar surface area (TPSA) is 231 Å². The van der Waals surface area contributed by atoms with E-state index in [1.807, 2.05) is 21.1 Å². The normalized spacial score (nSPS) is 18.5. The van der Waals surface area contributed by atoms with E-state index in [2.05, 4.69) is 4.52 Å². The zero-order chi connectivity index (χ0) is 24.3. The van der Waals surface area contributed by atoms with E-state index in [4.69, 9.17) is 30.1 Å². The number of aliphatic hydroxyl groups excluding tert-OH is 4. The largest absolute Gasteiger partial charge is 0.756 e. The number of hydrogen-bond donors (Lipinski definition) is 6. The molecule has 178 valence electrons. The summed E-state index contributed by atoms with van der Waals surface area (Å²) in [5.41, 5.74) is 0. The van der Waals surface area contributed by atoms with Gasteiger partial charge in [0.15, 0.2) is 12.4 Å². The van der Waals surface area contributed by atoms with E-state index in [9.17, 15) is 28.9 Å². The molecule has 0 aliphatic rings. The molecule has 1 unspecified atom stereocenters. The first kappa shape index (κ1) is 30.7. The number of hydrogen-bond acceptors (Lipinski definition) is 11. The lowest BCUT2D eigenvalue weighted by molar-refractivity contribution is -0.873. The van der Waals surface area contributed by atoms with Gasteiger partial charge >= 0.3 is 11.9 Å². The molecule has 0 bridgehead atoms. The zero-order valence-electron chi connectivity index (χ0n) is 17.0. The van der Waals surface area contributed by atoms with E-state index in [1.54, 1.807) is 0 Å². The Morgan fingerprint density at radius 1 is 1.17 bits per heavy atom. The van der Waals surface area contributed by atoms with Crippen molar-refractivity contribution < 1.29 is 68.0 Å². The summed E-state index contributed by atoms with van der Waals surface area (Å²) >= 11 is 0. The summed E-state index contributed by atoms with van der Waals surface area (Å²) in [7, 11) is 0.478. The highest BCUT2D eigenvalue weighted by Crippen LogP contribution is 2.33. The van der Waals surface area contributed by atoms with Gasteiger partial charge in [0.05, 0.1) is 34.2 Å². The van der Waals surface area contributed by atoms with Gasteiger partial charge in [-0.05, 0) is 0 Å². The van der Waals surface area contributed by atoms with E-state index in [0.29, 0.717) is 11.0 Å². The first-order chi connectivity index (χ1) is 13.4. The third-order valence-corrected chi connectivity index (χ3v) is 3.65. The van der Waals surface area contributed by atoms with Gasteiger partial charge in [0.25, 0.3) is 7.82 Å². The number of phosphoric ester groups is 1. The summed E-state index contributed by atoms with van der Waals surface area (Å²) in [4.78, 5) is 50.0. The van der Waals surface area contributed by atoms with Crippen molar-refractivity contribution in [3.8, 4) is 0 Å². The second kappa shape index (κ2) is 13.7. The zero-order valence-corrected chi connectivity index (χ0v) is 17.9. The molecule has 0 fully saturated rings. The lowest BCUT2D eigenvalue weighted by Crippen LogP contribution is -2.47. The van der Waals surface area contributed by atoms with Gasteiger partial charge in [-0.1, -0.05) is 0 Å². The minimum absolute atomic E-state index is 0.144. The highest BCUT2D eigenvalue weighted by molar-refractivity contribution is 7.44. The third kappa shape index (κ3) is 16.3. The van der Waals surface area contributed by atoms with Crippen molar-refractivity contribution in [3.63, 3.8) is 0 Å². The monoisotopic (exact) mass is 463 g/mol. The second-order valence-corrected chi connectivity index (χ2v) is 8.36. The van der Waals surface area contributed by atoms with Gasteiger partial charge in [0.1, 0.15) is 31.0 Å². The van der Waals surface area contributed by atoms with Crippen molar-refractivity contribution in [2.45, 2.75) is 43.9 Å². The Balaban J connectivity index is 0. The van der Waals surface area contributed by atoms with Gasteiger partial charge < -0.3 is 53.9 Å². The minimum Gasteiger partial charge on any atom is -0.756 e. The number of carbonyl (C=O) groups is 3. The molecule has 0 rings (SSSR count). The Morgan fingerprint density at radius 3 is 1.97 bits per heavy atom. The summed E-state index contributed by atoms with van der Waals surface area (Å²) in [6.45, 7) is 0.856. The van der Waals surface area contributed by atoms with Crippen LogP contribution in [0.2, 0.25) is 0 Å². The molecule has 0 aromatic heterocycles. The molecule has 30 heavy (non-hydrogen) atoms. The van der Waals surface area contributed by atoms with Crippen LogP contribution < -0.4 is 4.89 Å². The van der Waals surface area contributed by atoms with Gasteiger partial charge in [-0.25, -0.2) is 0 Å². The van der Waals surface area contributed by atoms with Crippen molar-refractivity contribution in [1.82, 2.24) is 0 Å². The standard InChI is InChI=1S/C9H17NO4.C6H13O9P/c1-7(11)14-8(5-9(12)13)6-10(2,3)4;7-1-3(9)5(10)6(11)4(2-8)15-16(12,13)14/h8H,5-6H2,1-4H3;2-7,9-11H,1H2,(H2,12,13,14)/t8-;3-,4+,5-,6-/m11/s1. The quantitative estimate of drug-likeness (QED) is 0.0706. The van der Waals surface area contributed by atoms with Crippen molar-refractivity contribution in [2.75, 3.05) is 34.3 Å². The van der Waals surface area contributed by atoms with Gasteiger partial charge in [-0.3, -0.25) is 14.2 Å². The van der Waals surface area contributed by atoms with Gasteiger partial charge in [-0.2, -0.15) is 0 Å². The molecule has 0 radical (unpaired) electrons. The number of aliphatic hydroxyl groups is 4. The fourth-order valence-corrected chi connectivity index (χ4v) is 2.52. The Labute approximate surface area is 173 Å². The summed E-state index contributed by atoms with van der Waals surface area (Å²) in [6, 6.07) is 0. The van der Waals surface area contributed by atoms with Crippen LogP contribution in [0.25, 0.3) is 0 Å². The molecule has 0 aliphatic carbocycles. The molecule has 15 heteroatoms. The van der Waals surface area contributed by atoms with E-state index in [1.165, 1.54) is 6.92 Å². The van der Waals surface area contributed by atoms with E-state index < -0.39 is 56.9 Å². The molecule has 0 heterocycles. The Bertz CT molecular complexity index is 572. The number of aliphatic carboxylic acids is 1. The molecule has 14 nitrogen and oxygen atoms in total. The van der Waals surface area contributed by atoms with E-state index in [0.717, 1.165) is 0 Å². The number of phosphoric acid groups is 1. The van der Waals surface area contributed by atoms with Crippen LogP contribution in [0.4, 0.5) is 0 Å². The van der Waals surface area contributed by atoms with Crippen molar-refractivity contribution in [1.29, 1.82) is 0 Å². The molecule has 0 aliphatic heterocycles. The van der Waals surface area contributed by atoms with Crippen LogP contribution in [0.5, 0.6) is 0 Å². The minimum atomic E-state index is -5.27. The predicted molar refractivity (Wildman–Crippen MR) is 96.6 cm³/mol. The average Bonchev–Trinajstić information content (AvgIpc) is 2.54. The van der Waals surface area contributed by atoms with E-state index in [-0.39, 0.29) is 12.7 Å². The number of nitrogens with zero attached hydrogens (tertiary/aromatic N) is 1. The lowest BCUT2D eigenvalue weighted by Gasteiger charge is -2.28. The first-order valence-electron chi connectivity index (χ1n) is 8.45. The highest BCUT2D eigenvalue weighted by Gasteiger charge is 2.33. The van der Waals surface area contributed by atoms with Crippen molar-refractivity contribution in [2.24, 2.45) is 0 Å². The molecule has 0 aromatic rings. The molecule has 0 saturated heterocycles. The number of likely N-dealkylation sites (N-methyl/N-ethyl adjacent to an activating group) is 1. The molecule has 0 spiro atoms. The number of quaternary nitrogens is 1. The van der Waals surface area contributed by atoms with Gasteiger partial charge in [0.2, 0.25) is 0 Å². The summed E-state index contributed by atoms with van der Waals surface area (Å²) < 4.78 is 19.5. The second-order valence-electron chi connectivity index (χ2n) is 7.21. The third-order valence-electron chi connectivity index (χ3n) is 3.14. The highest BCUT2D eigenvalue weighted by atomic mass is 31.2. The molecule has 0 saturated carbocycles. The number of carboxylic acid groups (broad SMARTS) is 1. The molecular formula is C15H30NO13P. The van der Waals surface area contributed by atoms with Crippen LogP contribution in [0, 0.1) is 0 Å². The maximum atomic E-state index is 10.7. The van der Waals surface area contributed by atoms with Crippen molar-refractivity contribution >= 4 is 26.0 Å². The molecular weight excluding hydrogens is 433 g/mol. The number of carboxylic acids is 1. The van der Waals surface area contributed by atoms with E-state index >= 15 is 0 Å². The van der Waals surface area contributed by atoms with Crippen LogP contribution in [0.15, 0.2) is 0 Å². The predicted octanol–water partition coefficient (Wildman–Crippen LogP) is -3.79. The van der Waals surface area contributed by atoms with Crippen molar-refractivity contribution in [3.05, 3.63) is 0 Å². The Hall–Kier alpha value is -1.48. The molecule has 0 amide bonds. The lowest BCUT2D eigenvalue weighted by atomic mass is 10.0. The Kier molecular flexibility index (Phi) is 14.1. The molecule has 0 aromatic carbocycles. The fraction of sp³-hybridized carbons (Fsp3) is 0.800. The number of esters is 1. The SMILES string of the molecule is CC(=O)O[C@H](CC(=O)O)C[N+](C)(C)C.O=C[C@H](OP(=O)([O-])O)[C@@H](O)[C@H](O)[C@H](O)CO. The molecule has 6 atom stereocenters. The van der Waals surface area contributed by atoms with Gasteiger partial charge in [0, 0.05) is 6.92 Å². The molecule has 6 N–H and O–H groups in total. The van der Waals surface area contributed by atoms with Crippen LogP contribution in [-0.2, 0) is 28.2 Å². The van der Waals surface area contributed by atoms with Gasteiger partial charge in [-0.15, -0.1) is 0 Å². The van der Waals surface area contributed by atoms with Crippen LogP contribution in [0.3, 0.4) is 0 Å². The number of ether oxygens (including phenoxy) is 1. The maximum absolute atomic E-state index is 10.7. The average molecular weight is 463 g/mol. The van der Waals surface area contributed by atoms with Crippen LogP contribution in [0.1, 0.15) is 13.3 Å². The summed E-state index contributed by atoms with van der Waals surface area (Å²) in [5, 5.41) is 44.2. The summed E-state index contributed by atoms with van der Waals surface area (Å²) in [5.74, 6) is -1.39. The number of carbonyl (C=O) groups excluding carboxylic acids is 2. The number of rotatable bonds is 12. The fourth-order valence-electron chi connectivity index (χ4n) is 2.04. The maximum Gasteiger partial charge on any atom is 0.307 e. The van der Waals surface area contributed by atoms with Crippen LogP contribution in [-0.4, -0.2) is 118 Å².